The van der Waals surface area contributed by atoms with Crippen LogP contribution in [-0.4, -0.2) is 5.78 Å². The maximum atomic E-state index is 12.6. The number of benzene rings is 2. The number of alkyl halides is 3. The summed E-state index contributed by atoms with van der Waals surface area (Å²) in [7, 11) is 0. The van der Waals surface area contributed by atoms with Gasteiger partial charge in [0.1, 0.15) is 0 Å². The Morgan fingerprint density at radius 2 is 1.65 bits per heavy atom. The zero-order chi connectivity index (χ0) is 19.2. The summed E-state index contributed by atoms with van der Waals surface area (Å²) in [5.74, 6) is -0.103. The van der Waals surface area contributed by atoms with Crippen molar-refractivity contribution in [1.82, 2.24) is 0 Å². The van der Waals surface area contributed by atoms with Gasteiger partial charge in [-0.25, -0.2) is 0 Å². The maximum Gasteiger partial charge on any atom is 0.216 e. The Morgan fingerprint density at radius 3 is 2.23 bits per heavy atom. The highest BCUT2D eigenvalue weighted by molar-refractivity contribution is 6.66. The SMILES string of the molecule is Cc1c(C)c2c(c(C)c1Cl)CC(=CC(=O)c1ccc(C(Cl)(Cl)Cl)cc1)N2. The van der Waals surface area contributed by atoms with Crippen LogP contribution in [0.4, 0.5) is 5.69 Å². The minimum Gasteiger partial charge on any atom is -0.358 e. The van der Waals surface area contributed by atoms with E-state index in [9.17, 15) is 4.79 Å². The van der Waals surface area contributed by atoms with Crippen LogP contribution in [0.2, 0.25) is 5.02 Å². The van der Waals surface area contributed by atoms with Gasteiger partial charge in [0.15, 0.2) is 5.78 Å². The minimum atomic E-state index is -1.50. The van der Waals surface area contributed by atoms with Crippen LogP contribution in [0.15, 0.2) is 36.0 Å². The summed E-state index contributed by atoms with van der Waals surface area (Å²) in [4.78, 5) is 12.6. The fourth-order valence-corrected chi connectivity index (χ4v) is 3.75. The Labute approximate surface area is 173 Å². The summed E-state index contributed by atoms with van der Waals surface area (Å²) in [6.45, 7) is 6.05. The zero-order valence-electron chi connectivity index (χ0n) is 14.5. The van der Waals surface area contributed by atoms with Crippen LogP contribution in [0, 0.1) is 20.8 Å². The molecule has 0 spiro atoms. The number of allylic oxidation sites excluding steroid dienone is 2. The number of anilines is 1. The summed E-state index contributed by atoms with van der Waals surface area (Å²) in [5.41, 5.74) is 7.33. The third kappa shape index (κ3) is 3.61. The molecule has 136 valence electrons. The highest BCUT2D eigenvalue weighted by Crippen LogP contribution is 2.40. The van der Waals surface area contributed by atoms with E-state index in [4.69, 9.17) is 46.4 Å². The van der Waals surface area contributed by atoms with Crippen LogP contribution in [0.25, 0.3) is 0 Å². The number of hydrogen-bond acceptors (Lipinski definition) is 2. The van der Waals surface area contributed by atoms with Crippen molar-refractivity contribution in [3.63, 3.8) is 0 Å². The fourth-order valence-electron chi connectivity index (χ4n) is 3.12. The van der Waals surface area contributed by atoms with Gasteiger partial charge in [0.05, 0.1) is 0 Å². The second kappa shape index (κ2) is 7.09. The Hall–Kier alpha value is -1.19. The molecule has 1 N–H and O–H groups in total. The molecule has 0 saturated heterocycles. The molecule has 0 amide bonds. The van der Waals surface area contributed by atoms with E-state index in [0.717, 1.165) is 38.7 Å². The second-order valence-electron chi connectivity index (χ2n) is 6.45. The Balaban J connectivity index is 1.87. The molecule has 2 aromatic rings. The summed E-state index contributed by atoms with van der Waals surface area (Å²) >= 11 is 24.0. The number of hydrogen-bond donors (Lipinski definition) is 1. The van der Waals surface area contributed by atoms with Gasteiger partial charge < -0.3 is 5.32 Å². The molecule has 0 atom stereocenters. The number of carbonyl (C=O) groups excluding carboxylic acids is 1. The smallest absolute Gasteiger partial charge is 0.216 e. The molecule has 1 aliphatic rings. The predicted molar refractivity (Wildman–Crippen MR) is 111 cm³/mol. The molecule has 0 bridgehead atoms. The summed E-state index contributed by atoms with van der Waals surface area (Å²) in [6, 6.07) is 6.62. The molecule has 0 unspecified atom stereocenters. The molecule has 0 saturated carbocycles. The van der Waals surface area contributed by atoms with Crippen molar-refractivity contribution < 1.29 is 4.79 Å². The van der Waals surface area contributed by atoms with E-state index >= 15 is 0 Å². The molecule has 6 heteroatoms. The fraction of sp³-hybridized carbons (Fsp3) is 0.250. The van der Waals surface area contributed by atoms with Gasteiger partial charge in [-0.3, -0.25) is 4.79 Å². The first-order valence-corrected chi connectivity index (χ1v) is 9.58. The Kier molecular flexibility index (Phi) is 5.33. The first kappa shape index (κ1) is 19.6. The van der Waals surface area contributed by atoms with Crippen LogP contribution in [0.3, 0.4) is 0 Å². The van der Waals surface area contributed by atoms with Crippen molar-refractivity contribution in [2.45, 2.75) is 31.0 Å². The monoisotopic (exact) mass is 427 g/mol. The van der Waals surface area contributed by atoms with Gasteiger partial charge in [-0.2, -0.15) is 0 Å². The van der Waals surface area contributed by atoms with E-state index in [1.807, 2.05) is 20.8 Å². The van der Waals surface area contributed by atoms with Gasteiger partial charge in [0, 0.05) is 40.0 Å². The van der Waals surface area contributed by atoms with E-state index in [0.29, 0.717) is 17.5 Å². The molecule has 1 heterocycles. The molecule has 26 heavy (non-hydrogen) atoms. The number of rotatable bonds is 2. The van der Waals surface area contributed by atoms with E-state index in [-0.39, 0.29) is 5.78 Å². The largest absolute Gasteiger partial charge is 0.358 e. The lowest BCUT2D eigenvalue weighted by Crippen LogP contribution is -2.03. The van der Waals surface area contributed by atoms with Gasteiger partial charge in [0.2, 0.25) is 3.79 Å². The van der Waals surface area contributed by atoms with E-state index < -0.39 is 3.79 Å². The highest BCUT2D eigenvalue weighted by atomic mass is 35.6. The Bertz CT molecular complexity index is 886. The second-order valence-corrected chi connectivity index (χ2v) is 9.11. The molecular formula is C20H17Cl4NO. The highest BCUT2D eigenvalue weighted by Gasteiger charge is 2.24. The van der Waals surface area contributed by atoms with Crippen molar-refractivity contribution in [2.24, 2.45) is 0 Å². The molecule has 0 aliphatic carbocycles. The van der Waals surface area contributed by atoms with Crippen molar-refractivity contribution >= 4 is 57.9 Å². The maximum absolute atomic E-state index is 12.6. The number of halogens is 4. The number of fused-ring (bicyclic) bond motifs is 1. The molecule has 0 fully saturated rings. The predicted octanol–water partition coefficient (Wildman–Crippen LogP) is 6.83. The van der Waals surface area contributed by atoms with Crippen molar-refractivity contribution in [3.05, 3.63) is 74.4 Å². The first-order chi connectivity index (χ1) is 12.1. The van der Waals surface area contributed by atoms with Crippen LogP contribution in [0.5, 0.6) is 0 Å². The van der Waals surface area contributed by atoms with E-state index in [1.165, 1.54) is 0 Å². The lowest BCUT2D eigenvalue weighted by Gasteiger charge is -2.13. The first-order valence-electron chi connectivity index (χ1n) is 8.07. The molecular weight excluding hydrogens is 412 g/mol. The van der Waals surface area contributed by atoms with Crippen molar-refractivity contribution in [3.8, 4) is 0 Å². The van der Waals surface area contributed by atoms with Crippen LogP contribution in [0.1, 0.15) is 38.2 Å². The molecule has 2 aromatic carbocycles. The Morgan fingerprint density at radius 1 is 1.04 bits per heavy atom. The summed E-state index contributed by atoms with van der Waals surface area (Å²) in [5, 5.41) is 4.16. The lowest BCUT2D eigenvalue weighted by molar-refractivity contribution is 0.104. The molecule has 0 radical (unpaired) electrons. The number of ketones is 1. The van der Waals surface area contributed by atoms with Crippen LogP contribution >= 0.6 is 46.4 Å². The number of carbonyl (C=O) groups is 1. The van der Waals surface area contributed by atoms with Gasteiger partial charge in [-0.1, -0.05) is 70.7 Å². The molecule has 1 aliphatic heterocycles. The summed E-state index contributed by atoms with van der Waals surface area (Å²) in [6.07, 6.45) is 2.27. The summed E-state index contributed by atoms with van der Waals surface area (Å²) < 4.78 is -1.50. The van der Waals surface area contributed by atoms with Gasteiger partial charge in [0.25, 0.3) is 0 Å². The molecule has 0 aromatic heterocycles. The normalized spacial score (nSPS) is 15.1. The standard InChI is InChI=1S/C20H17Cl4NO/c1-10-11(2)19-16(12(3)18(10)21)8-15(25-19)9-17(26)13-4-6-14(7-5-13)20(22,23)24/h4-7,9,25H,8H2,1-3H3. The van der Waals surface area contributed by atoms with Gasteiger partial charge in [-0.05, 0) is 43.0 Å². The average Bonchev–Trinajstić information content (AvgIpc) is 3.01. The van der Waals surface area contributed by atoms with Crippen molar-refractivity contribution in [2.75, 3.05) is 5.32 Å². The molecule has 2 nitrogen and oxygen atoms in total. The third-order valence-electron chi connectivity index (χ3n) is 4.81. The quantitative estimate of drug-likeness (QED) is 0.322. The van der Waals surface area contributed by atoms with Crippen molar-refractivity contribution in [1.29, 1.82) is 0 Å². The average molecular weight is 429 g/mol. The number of nitrogens with one attached hydrogen (secondary N) is 1. The van der Waals surface area contributed by atoms with E-state index in [1.54, 1.807) is 30.3 Å². The third-order valence-corrected chi connectivity index (χ3v) is 6.03. The topological polar surface area (TPSA) is 29.1 Å². The van der Waals surface area contributed by atoms with Gasteiger partial charge >= 0.3 is 0 Å². The zero-order valence-corrected chi connectivity index (χ0v) is 17.5. The minimum absolute atomic E-state index is 0.103. The van der Waals surface area contributed by atoms with Gasteiger partial charge in [-0.15, -0.1) is 0 Å². The van der Waals surface area contributed by atoms with Crippen LogP contribution in [-0.2, 0) is 10.2 Å². The molecule has 3 rings (SSSR count). The van der Waals surface area contributed by atoms with E-state index in [2.05, 4.69) is 5.32 Å². The lowest BCUT2D eigenvalue weighted by atomic mass is 9.97. The van der Waals surface area contributed by atoms with Crippen LogP contribution < -0.4 is 5.32 Å².